The number of carbonyl (C=O) groups is 2. The Morgan fingerprint density at radius 3 is 2.31 bits per heavy atom. The van der Waals surface area contributed by atoms with Gasteiger partial charge in [0.1, 0.15) is 0 Å². The zero-order chi connectivity index (χ0) is 21.0. The number of aryl methyl sites for hydroxylation is 1. The Morgan fingerprint density at radius 1 is 1.03 bits per heavy atom. The molecule has 2 aromatic carbocycles. The van der Waals surface area contributed by atoms with Crippen LogP contribution in [0.3, 0.4) is 0 Å². The summed E-state index contributed by atoms with van der Waals surface area (Å²) in [5, 5.41) is 2.82. The highest BCUT2D eigenvalue weighted by atomic mass is 16.2. The first-order valence-corrected chi connectivity index (χ1v) is 9.52. The second kappa shape index (κ2) is 8.60. The second-order valence-corrected chi connectivity index (χ2v) is 6.63. The van der Waals surface area contributed by atoms with Crippen LogP contribution in [0.2, 0.25) is 0 Å². The van der Waals surface area contributed by atoms with Crippen LogP contribution in [-0.2, 0) is 0 Å². The van der Waals surface area contributed by atoms with E-state index < -0.39 is 0 Å². The maximum atomic E-state index is 12.6. The fourth-order valence-electron chi connectivity index (χ4n) is 3.16. The lowest BCUT2D eigenvalue weighted by Crippen LogP contribution is -2.30. The predicted molar refractivity (Wildman–Crippen MR) is 113 cm³/mol. The van der Waals surface area contributed by atoms with Gasteiger partial charge in [0.25, 0.3) is 11.8 Å². The van der Waals surface area contributed by atoms with Crippen molar-refractivity contribution in [2.45, 2.75) is 20.8 Å². The van der Waals surface area contributed by atoms with E-state index in [1.54, 1.807) is 59.6 Å². The van der Waals surface area contributed by atoms with Crippen molar-refractivity contribution < 1.29 is 9.59 Å². The first-order chi connectivity index (χ1) is 13.9. The number of benzene rings is 2. The maximum Gasteiger partial charge on any atom is 0.330 e. The number of carbonyl (C=O) groups excluding carboxylic acids is 2. The lowest BCUT2D eigenvalue weighted by molar-refractivity contribution is 0.0772. The molecule has 1 heterocycles. The van der Waals surface area contributed by atoms with Gasteiger partial charge in [-0.15, -0.1) is 0 Å². The molecule has 0 saturated heterocycles. The maximum absolute atomic E-state index is 12.6. The third-order valence-corrected chi connectivity index (χ3v) is 4.77. The smallest absolute Gasteiger partial charge is 0.330 e. The molecule has 0 aliphatic rings. The summed E-state index contributed by atoms with van der Waals surface area (Å²) in [5.74, 6) is -0.357. The van der Waals surface area contributed by atoms with Crippen LogP contribution < -0.4 is 11.0 Å². The summed E-state index contributed by atoms with van der Waals surface area (Å²) in [4.78, 5) is 41.3. The Kier molecular flexibility index (Phi) is 5.97. The second-order valence-electron chi connectivity index (χ2n) is 6.63. The van der Waals surface area contributed by atoms with Crippen molar-refractivity contribution in [2.75, 3.05) is 18.4 Å². The number of amides is 2. The Balaban J connectivity index is 1.76. The van der Waals surface area contributed by atoms with Crippen LogP contribution in [0, 0.1) is 6.92 Å². The van der Waals surface area contributed by atoms with E-state index in [0.717, 1.165) is 5.69 Å². The molecule has 0 saturated carbocycles. The zero-order valence-electron chi connectivity index (χ0n) is 16.7. The summed E-state index contributed by atoms with van der Waals surface area (Å²) < 4.78 is 1.53. The number of anilines is 1. The third kappa shape index (κ3) is 4.29. The fraction of sp³-hybridized carbons (Fsp3) is 0.227. The lowest BCUT2D eigenvalue weighted by atomic mass is 10.1. The van der Waals surface area contributed by atoms with E-state index in [1.165, 1.54) is 4.57 Å². The van der Waals surface area contributed by atoms with Gasteiger partial charge in [-0.25, -0.2) is 4.79 Å². The summed E-state index contributed by atoms with van der Waals surface area (Å²) in [7, 11) is 0. The highest BCUT2D eigenvalue weighted by Gasteiger charge is 2.14. The Labute approximate surface area is 169 Å². The molecule has 0 aliphatic heterocycles. The molecule has 2 N–H and O–H groups in total. The average Bonchev–Trinajstić information content (AvgIpc) is 3.07. The quantitative estimate of drug-likeness (QED) is 0.675. The molecule has 0 spiro atoms. The van der Waals surface area contributed by atoms with Crippen molar-refractivity contribution in [1.29, 1.82) is 0 Å². The van der Waals surface area contributed by atoms with E-state index in [0.29, 0.717) is 35.6 Å². The molecule has 0 atom stereocenters. The standard InChI is InChI=1S/C22H24N4O3/c1-4-25(5-2)21(28)17-7-6-8-18(13-17)24-20(27)16-9-11-19(12-10-16)26-15(3)14-23-22(26)29/h6-14H,4-5H2,1-3H3,(H,23,29)(H,24,27). The number of imidazole rings is 1. The highest BCUT2D eigenvalue weighted by Crippen LogP contribution is 2.16. The van der Waals surface area contributed by atoms with Crippen LogP contribution in [0.25, 0.3) is 5.69 Å². The number of nitrogens with one attached hydrogen (secondary N) is 2. The molecule has 0 fully saturated rings. The number of aromatic nitrogens is 2. The van der Waals surface area contributed by atoms with Crippen molar-refractivity contribution in [3.05, 3.63) is 82.0 Å². The number of rotatable bonds is 6. The van der Waals surface area contributed by atoms with Gasteiger partial charge in [0, 0.05) is 41.8 Å². The molecule has 7 nitrogen and oxygen atoms in total. The monoisotopic (exact) mass is 392 g/mol. The molecule has 3 aromatic rings. The van der Waals surface area contributed by atoms with Gasteiger partial charge in [-0.3, -0.25) is 14.2 Å². The summed E-state index contributed by atoms with van der Waals surface area (Å²) in [5.41, 5.74) is 2.77. The number of aromatic amines is 1. The van der Waals surface area contributed by atoms with E-state index in [9.17, 15) is 14.4 Å². The van der Waals surface area contributed by atoms with Gasteiger partial charge in [-0.1, -0.05) is 6.07 Å². The Morgan fingerprint density at radius 2 is 1.72 bits per heavy atom. The Bertz CT molecular complexity index is 1080. The summed E-state index contributed by atoms with van der Waals surface area (Å²) in [6, 6.07) is 13.7. The van der Waals surface area contributed by atoms with Crippen LogP contribution >= 0.6 is 0 Å². The minimum atomic E-state index is -0.290. The molecule has 0 radical (unpaired) electrons. The minimum Gasteiger partial charge on any atom is -0.339 e. The summed E-state index contributed by atoms with van der Waals surface area (Å²) in [6.45, 7) is 6.94. The van der Waals surface area contributed by atoms with Gasteiger partial charge >= 0.3 is 5.69 Å². The van der Waals surface area contributed by atoms with Gasteiger partial charge in [-0.2, -0.15) is 0 Å². The first-order valence-electron chi connectivity index (χ1n) is 9.52. The van der Waals surface area contributed by atoms with Gasteiger partial charge in [0.15, 0.2) is 0 Å². The molecule has 0 bridgehead atoms. The van der Waals surface area contributed by atoms with Gasteiger partial charge in [0.2, 0.25) is 0 Å². The molecule has 0 aliphatic carbocycles. The largest absolute Gasteiger partial charge is 0.339 e. The van der Waals surface area contributed by atoms with Gasteiger partial charge < -0.3 is 15.2 Å². The van der Waals surface area contributed by atoms with Crippen molar-refractivity contribution >= 4 is 17.5 Å². The van der Waals surface area contributed by atoms with E-state index in [2.05, 4.69) is 10.3 Å². The van der Waals surface area contributed by atoms with E-state index >= 15 is 0 Å². The summed E-state index contributed by atoms with van der Waals surface area (Å²) in [6.07, 6.45) is 1.63. The van der Waals surface area contributed by atoms with Crippen molar-refractivity contribution in [1.82, 2.24) is 14.5 Å². The normalized spacial score (nSPS) is 10.6. The Hall–Kier alpha value is -3.61. The van der Waals surface area contributed by atoms with E-state index in [1.807, 2.05) is 20.8 Å². The SMILES string of the molecule is CCN(CC)C(=O)c1cccc(NC(=O)c2ccc(-n3c(C)c[nH]c3=O)cc2)c1. The molecule has 1 aromatic heterocycles. The number of hydrogen-bond donors (Lipinski definition) is 2. The first kappa shape index (κ1) is 20.1. The van der Waals surface area contributed by atoms with Crippen LogP contribution in [-0.4, -0.2) is 39.4 Å². The van der Waals surface area contributed by atoms with Crippen LogP contribution in [0.15, 0.2) is 59.5 Å². The highest BCUT2D eigenvalue weighted by molar-refractivity contribution is 6.05. The van der Waals surface area contributed by atoms with Crippen molar-refractivity contribution in [3.8, 4) is 5.69 Å². The molecule has 3 rings (SSSR count). The summed E-state index contributed by atoms with van der Waals surface area (Å²) >= 11 is 0. The van der Waals surface area contributed by atoms with Crippen LogP contribution in [0.5, 0.6) is 0 Å². The number of hydrogen-bond acceptors (Lipinski definition) is 3. The number of nitrogens with zero attached hydrogens (tertiary/aromatic N) is 2. The predicted octanol–water partition coefficient (Wildman–Crippen LogP) is 3.21. The molecule has 150 valence electrons. The number of H-pyrrole nitrogens is 1. The molecular weight excluding hydrogens is 368 g/mol. The molecule has 7 heteroatoms. The fourth-order valence-corrected chi connectivity index (χ4v) is 3.16. The molecular formula is C22H24N4O3. The van der Waals surface area contributed by atoms with Crippen LogP contribution in [0.4, 0.5) is 5.69 Å². The van der Waals surface area contributed by atoms with E-state index in [4.69, 9.17) is 0 Å². The molecule has 29 heavy (non-hydrogen) atoms. The van der Waals surface area contributed by atoms with E-state index in [-0.39, 0.29) is 17.5 Å². The molecule has 0 unspecified atom stereocenters. The van der Waals surface area contributed by atoms with Crippen molar-refractivity contribution in [3.63, 3.8) is 0 Å². The van der Waals surface area contributed by atoms with Crippen LogP contribution in [0.1, 0.15) is 40.3 Å². The average molecular weight is 392 g/mol. The topological polar surface area (TPSA) is 87.2 Å². The minimum absolute atomic E-state index is 0.0669. The van der Waals surface area contributed by atoms with Gasteiger partial charge in [-0.05, 0) is 63.2 Å². The van der Waals surface area contributed by atoms with Crippen molar-refractivity contribution in [2.24, 2.45) is 0 Å². The molecule has 2 amide bonds. The zero-order valence-corrected chi connectivity index (χ0v) is 16.7. The van der Waals surface area contributed by atoms with Gasteiger partial charge in [0.05, 0.1) is 5.69 Å². The third-order valence-electron chi connectivity index (χ3n) is 4.77. The lowest BCUT2D eigenvalue weighted by Gasteiger charge is -2.19.